The lowest BCUT2D eigenvalue weighted by Crippen LogP contribution is -1.99. The van der Waals surface area contributed by atoms with E-state index in [0.717, 1.165) is 12.3 Å². The SMILES string of the molecule is Cc1ccc(F)c(-c2[nH]c(=S)ncc2F)c1F. The van der Waals surface area contributed by atoms with Gasteiger partial charge in [-0.2, -0.15) is 0 Å². The maximum atomic E-state index is 13.8. The van der Waals surface area contributed by atoms with Crippen LogP contribution in [0.1, 0.15) is 5.56 Å². The second kappa shape index (κ2) is 4.29. The molecule has 1 N–H and O–H groups in total. The number of aromatic nitrogens is 2. The lowest BCUT2D eigenvalue weighted by atomic mass is 10.1. The van der Waals surface area contributed by atoms with Gasteiger partial charge in [0.15, 0.2) is 10.6 Å². The zero-order valence-electron chi connectivity index (χ0n) is 8.72. The van der Waals surface area contributed by atoms with E-state index in [9.17, 15) is 13.2 Å². The predicted octanol–water partition coefficient (Wildman–Crippen LogP) is 3.53. The molecule has 2 rings (SSSR count). The number of aryl methyl sites for hydroxylation is 1. The van der Waals surface area contributed by atoms with E-state index in [1.807, 2.05) is 0 Å². The highest BCUT2D eigenvalue weighted by molar-refractivity contribution is 7.71. The summed E-state index contributed by atoms with van der Waals surface area (Å²) < 4.78 is 40.8. The standard InChI is InChI=1S/C11H7F3N2S/c1-5-2-3-6(12)8(9(5)14)10-7(13)4-15-11(17)16-10/h2-4H,1H3,(H,15,16,17). The van der Waals surface area contributed by atoms with Gasteiger partial charge in [0.05, 0.1) is 17.5 Å². The van der Waals surface area contributed by atoms with Gasteiger partial charge in [-0.05, 0) is 30.8 Å². The Labute approximate surface area is 100 Å². The Morgan fingerprint density at radius 2 is 1.88 bits per heavy atom. The molecule has 0 amide bonds. The van der Waals surface area contributed by atoms with E-state index in [4.69, 9.17) is 12.2 Å². The molecule has 0 atom stereocenters. The summed E-state index contributed by atoms with van der Waals surface area (Å²) in [6, 6.07) is 2.35. The molecule has 0 aliphatic carbocycles. The summed E-state index contributed by atoms with van der Waals surface area (Å²) >= 11 is 4.70. The van der Waals surface area contributed by atoms with Crippen molar-refractivity contribution in [1.29, 1.82) is 0 Å². The van der Waals surface area contributed by atoms with Gasteiger partial charge in [0, 0.05) is 0 Å². The van der Waals surface area contributed by atoms with Gasteiger partial charge >= 0.3 is 0 Å². The summed E-state index contributed by atoms with van der Waals surface area (Å²) in [6.07, 6.45) is 0.829. The van der Waals surface area contributed by atoms with Crippen LogP contribution in [-0.4, -0.2) is 9.97 Å². The number of nitrogens with zero attached hydrogens (tertiary/aromatic N) is 1. The van der Waals surface area contributed by atoms with Crippen LogP contribution < -0.4 is 0 Å². The molecule has 0 aliphatic rings. The molecule has 0 radical (unpaired) electrons. The summed E-state index contributed by atoms with van der Waals surface area (Å²) in [7, 11) is 0. The van der Waals surface area contributed by atoms with Crippen LogP contribution in [0, 0.1) is 29.1 Å². The monoisotopic (exact) mass is 256 g/mol. The fraction of sp³-hybridized carbons (Fsp3) is 0.0909. The second-order valence-electron chi connectivity index (χ2n) is 3.46. The van der Waals surface area contributed by atoms with Crippen LogP contribution in [0.25, 0.3) is 11.3 Å². The van der Waals surface area contributed by atoms with Crippen molar-refractivity contribution in [1.82, 2.24) is 9.97 Å². The number of aromatic amines is 1. The quantitative estimate of drug-likeness (QED) is 0.791. The highest BCUT2D eigenvalue weighted by atomic mass is 32.1. The van der Waals surface area contributed by atoms with Crippen molar-refractivity contribution in [2.24, 2.45) is 0 Å². The first kappa shape index (κ1) is 11.8. The van der Waals surface area contributed by atoms with Crippen molar-refractivity contribution >= 4 is 12.2 Å². The molecule has 2 nitrogen and oxygen atoms in total. The van der Waals surface area contributed by atoms with E-state index in [-0.39, 0.29) is 16.0 Å². The summed E-state index contributed by atoms with van der Waals surface area (Å²) in [4.78, 5) is 5.84. The average Bonchev–Trinajstić information content (AvgIpc) is 2.29. The van der Waals surface area contributed by atoms with Gasteiger partial charge in [-0.3, -0.25) is 0 Å². The number of rotatable bonds is 1. The molecule has 17 heavy (non-hydrogen) atoms. The number of H-pyrrole nitrogens is 1. The van der Waals surface area contributed by atoms with Crippen molar-refractivity contribution in [2.75, 3.05) is 0 Å². The van der Waals surface area contributed by atoms with Gasteiger partial charge in [0.25, 0.3) is 0 Å². The fourth-order valence-electron chi connectivity index (χ4n) is 1.45. The molecular formula is C11H7F3N2S. The Balaban J connectivity index is 2.81. The molecule has 1 aromatic heterocycles. The summed E-state index contributed by atoms with van der Waals surface area (Å²) in [6.45, 7) is 1.46. The fourth-order valence-corrected chi connectivity index (χ4v) is 1.60. The second-order valence-corrected chi connectivity index (χ2v) is 3.85. The Hall–Kier alpha value is -1.69. The maximum absolute atomic E-state index is 13.8. The van der Waals surface area contributed by atoms with E-state index in [1.54, 1.807) is 0 Å². The van der Waals surface area contributed by atoms with E-state index >= 15 is 0 Å². The van der Waals surface area contributed by atoms with Crippen molar-refractivity contribution in [2.45, 2.75) is 6.92 Å². The zero-order valence-corrected chi connectivity index (χ0v) is 9.54. The minimum Gasteiger partial charge on any atom is -0.328 e. The van der Waals surface area contributed by atoms with Crippen molar-refractivity contribution in [3.05, 3.63) is 46.1 Å². The molecule has 2 aromatic rings. The minimum absolute atomic E-state index is 0.0401. The minimum atomic E-state index is -0.859. The predicted molar refractivity (Wildman–Crippen MR) is 59.5 cm³/mol. The number of halogens is 3. The number of benzene rings is 1. The molecular weight excluding hydrogens is 249 g/mol. The Kier molecular flexibility index (Phi) is 2.97. The molecule has 1 heterocycles. The Morgan fingerprint density at radius 3 is 2.59 bits per heavy atom. The lowest BCUT2D eigenvalue weighted by Gasteiger charge is -2.08. The summed E-state index contributed by atoms with van der Waals surface area (Å²) in [5, 5.41) is 0. The Morgan fingerprint density at radius 1 is 1.18 bits per heavy atom. The van der Waals surface area contributed by atoms with Crippen LogP contribution in [0.5, 0.6) is 0 Å². The van der Waals surface area contributed by atoms with Crippen molar-refractivity contribution in [3.63, 3.8) is 0 Å². The smallest absolute Gasteiger partial charge is 0.197 e. The third kappa shape index (κ3) is 2.08. The highest BCUT2D eigenvalue weighted by Gasteiger charge is 2.17. The molecule has 1 aromatic carbocycles. The van der Waals surface area contributed by atoms with Gasteiger partial charge < -0.3 is 4.98 Å². The van der Waals surface area contributed by atoms with Crippen LogP contribution in [0.15, 0.2) is 18.3 Å². The number of hydrogen-bond donors (Lipinski definition) is 1. The first-order valence-electron chi connectivity index (χ1n) is 4.70. The van der Waals surface area contributed by atoms with Crippen molar-refractivity contribution < 1.29 is 13.2 Å². The van der Waals surface area contributed by atoms with Crippen LogP contribution in [0.2, 0.25) is 0 Å². The van der Waals surface area contributed by atoms with E-state index in [0.29, 0.717) is 0 Å². The molecule has 0 aliphatic heterocycles. The molecule has 88 valence electrons. The topological polar surface area (TPSA) is 28.7 Å². The molecule has 0 unspecified atom stereocenters. The molecule has 0 fully saturated rings. The van der Waals surface area contributed by atoms with E-state index in [1.165, 1.54) is 13.0 Å². The normalized spacial score (nSPS) is 10.6. The van der Waals surface area contributed by atoms with Crippen LogP contribution >= 0.6 is 12.2 Å². The average molecular weight is 256 g/mol. The van der Waals surface area contributed by atoms with Gasteiger partial charge in [-0.1, -0.05) is 6.07 Å². The van der Waals surface area contributed by atoms with Crippen LogP contribution in [-0.2, 0) is 0 Å². The van der Waals surface area contributed by atoms with Crippen molar-refractivity contribution in [3.8, 4) is 11.3 Å². The summed E-state index contributed by atoms with van der Waals surface area (Å²) in [5.41, 5.74) is -0.573. The number of hydrogen-bond acceptors (Lipinski definition) is 2. The first-order chi connectivity index (χ1) is 8.00. The van der Waals surface area contributed by atoms with E-state index < -0.39 is 23.0 Å². The van der Waals surface area contributed by atoms with E-state index in [2.05, 4.69) is 9.97 Å². The third-order valence-corrected chi connectivity index (χ3v) is 2.51. The largest absolute Gasteiger partial charge is 0.328 e. The maximum Gasteiger partial charge on any atom is 0.197 e. The highest BCUT2D eigenvalue weighted by Crippen LogP contribution is 2.27. The molecule has 0 spiro atoms. The van der Waals surface area contributed by atoms with Gasteiger partial charge in [0.1, 0.15) is 11.6 Å². The lowest BCUT2D eigenvalue weighted by molar-refractivity contribution is 0.572. The van der Waals surface area contributed by atoms with Gasteiger partial charge in [0.2, 0.25) is 0 Å². The van der Waals surface area contributed by atoms with Crippen LogP contribution in [0.4, 0.5) is 13.2 Å². The van der Waals surface area contributed by atoms with Crippen LogP contribution in [0.3, 0.4) is 0 Å². The molecule has 6 heteroatoms. The third-order valence-electron chi connectivity index (χ3n) is 2.30. The molecule has 0 saturated heterocycles. The van der Waals surface area contributed by atoms with Gasteiger partial charge in [-0.15, -0.1) is 0 Å². The first-order valence-corrected chi connectivity index (χ1v) is 5.11. The summed E-state index contributed by atoms with van der Waals surface area (Å²) in [5.74, 6) is -2.54. The molecule has 0 bridgehead atoms. The Bertz CT molecular complexity index is 637. The zero-order chi connectivity index (χ0) is 12.6. The van der Waals surface area contributed by atoms with Gasteiger partial charge in [-0.25, -0.2) is 18.2 Å². The molecule has 0 saturated carbocycles. The number of nitrogens with one attached hydrogen (secondary N) is 1.